The standard InChI is InChI=1S/C24H34Cl3N2O7Si/c1-23(2,3)20(36-37(6)7)19-16-8-13(30)11-28(16)21(31)14-9-17(33-4)18(34-5)10-15(14)29(19)22(32)35-12-24(25,26)27/h9-10,13,16,19-20,30H,8,11-12H2,1-7H3/t13-,16+,19+,20?/m1/s1. The van der Waals surface area contributed by atoms with Gasteiger partial charge in [-0.15, -0.1) is 0 Å². The number of hydrogen-bond acceptors (Lipinski definition) is 7. The van der Waals surface area contributed by atoms with Crippen LogP contribution in [0.5, 0.6) is 11.5 Å². The van der Waals surface area contributed by atoms with Crippen LogP contribution in [0.15, 0.2) is 12.1 Å². The van der Waals surface area contributed by atoms with Crippen molar-refractivity contribution in [1.29, 1.82) is 0 Å². The fourth-order valence-corrected chi connectivity index (χ4v) is 6.07. The Labute approximate surface area is 234 Å². The van der Waals surface area contributed by atoms with E-state index in [0.717, 1.165) is 0 Å². The van der Waals surface area contributed by atoms with E-state index in [2.05, 4.69) is 0 Å². The highest BCUT2D eigenvalue weighted by molar-refractivity contribution is 6.67. The van der Waals surface area contributed by atoms with Gasteiger partial charge in [0.25, 0.3) is 5.91 Å². The molecule has 1 aromatic carbocycles. The summed E-state index contributed by atoms with van der Waals surface area (Å²) >= 11 is 17.7. The highest BCUT2D eigenvalue weighted by atomic mass is 35.6. The molecule has 4 atom stereocenters. The Kier molecular flexibility index (Phi) is 9.24. The second-order valence-electron chi connectivity index (χ2n) is 10.5. The average molecular weight is 597 g/mol. The Balaban J connectivity index is 2.32. The van der Waals surface area contributed by atoms with E-state index in [4.69, 9.17) is 53.4 Å². The number of benzene rings is 1. The van der Waals surface area contributed by atoms with Crippen LogP contribution in [0.1, 0.15) is 37.6 Å². The number of aliphatic hydroxyl groups is 1. The molecule has 2 aliphatic heterocycles. The van der Waals surface area contributed by atoms with Crippen LogP contribution in [0.4, 0.5) is 10.5 Å². The van der Waals surface area contributed by atoms with Crippen LogP contribution in [0, 0.1) is 5.41 Å². The van der Waals surface area contributed by atoms with Crippen LogP contribution in [-0.2, 0) is 9.16 Å². The van der Waals surface area contributed by atoms with Crippen LogP contribution >= 0.6 is 34.8 Å². The lowest BCUT2D eigenvalue weighted by atomic mass is 9.80. The third kappa shape index (κ3) is 6.59. The van der Waals surface area contributed by atoms with Crippen molar-refractivity contribution < 1.29 is 33.3 Å². The van der Waals surface area contributed by atoms with Gasteiger partial charge < -0.3 is 28.6 Å². The second kappa shape index (κ2) is 11.4. The molecule has 0 spiro atoms. The third-order valence-electron chi connectivity index (χ3n) is 6.35. The van der Waals surface area contributed by atoms with Crippen molar-refractivity contribution in [2.75, 3.05) is 32.3 Å². The minimum absolute atomic E-state index is 0.109. The van der Waals surface area contributed by atoms with Gasteiger partial charge >= 0.3 is 6.09 Å². The van der Waals surface area contributed by atoms with Gasteiger partial charge in [-0.1, -0.05) is 55.6 Å². The molecular formula is C24H34Cl3N2O7Si. The Bertz CT molecular complexity index is 1020. The number of fused-ring (bicyclic) bond motifs is 2. The molecule has 2 heterocycles. The van der Waals surface area contributed by atoms with Gasteiger partial charge in [0.05, 0.1) is 49.8 Å². The van der Waals surface area contributed by atoms with E-state index in [-0.39, 0.29) is 30.1 Å². The Morgan fingerprint density at radius 3 is 2.27 bits per heavy atom. The summed E-state index contributed by atoms with van der Waals surface area (Å²) in [5, 5.41) is 10.7. The average Bonchev–Trinajstić information content (AvgIpc) is 3.14. The predicted octanol–water partition coefficient (Wildman–Crippen LogP) is 4.66. The van der Waals surface area contributed by atoms with E-state index >= 15 is 0 Å². The van der Waals surface area contributed by atoms with E-state index in [1.54, 1.807) is 11.0 Å². The largest absolute Gasteiger partial charge is 0.493 e. The van der Waals surface area contributed by atoms with Crippen LogP contribution in [0.25, 0.3) is 0 Å². The van der Waals surface area contributed by atoms with Crippen molar-refractivity contribution in [3.63, 3.8) is 0 Å². The van der Waals surface area contributed by atoms with Gasteiger partial charge in [0.15, 0.2) is 11.5 Å². The predicted molar refractivity (Wildman–Crippen MR) is 145 cm³/mol. The first-order valence-corrected chi connectivity index (χ1v) is 15.4. The minimum Gasteiger partial charge on any atom is -0.493 e. The maximum Gasteiger partial charge on any atom is 0.414 e. The van der Waals surface area contributed by atoms with Crippen molar-refractivity contribution in [1.82, 2.24) is 4.90 Å². The molecule has 1 unspecified atom stereocenters. The summed E-state index contributed by atoms with van der Waals surface area (Å²) in [5.74, 6) is 0.276. The summed E-state index contributed by atoms with van der Waals surface area (Å²) in [6.45, 7) is 9.62. The number of alkyl halides is 3. The molecule has 1 saturated heterocycles. The molecule has 2 aliphatic rings. The smallest absolute Gasteiger partial charge is 0.414 e. The molecule has 0 aliphatic carbocycles. The van der Waals surface area contributed by atoms with Crippen molar-refractivity contribution in [2.45, 2.75) is 68.4 Å². The second-order valence-corrected chi connectivity index (χ2v) is 15.1. The van der Waals surface area contributed by atoms with Crippen LogP contribution in [0.2, 0.25) is 13.1 Å². The zero-order valence-electron chi connectivity index (χ0n) is 22.0. The molecule has 9 nitrogen and oxygen atoms in total. The number of amides is 2. The van der Waals surface area contributed by atoms with Crippen molar-refractivity contribution >= 4 is 61.5 Å². The van der Waals surface area contributed by atoms with Crippen LogP contribution < -0.4 is 14.4 Å². The summed E-state index contributed by atoms with van der Waals surface area (Å²) in [6, 6.07) is 1.79. The minimum atomic E-state index is -1.84. The molecule has 2 amide bonds. The van der Waals surface area contributed by atoms with Gasteiger partial charge in [0, 0.05) is 12.6 Å². The lowest BCUT2D eigenvalue weighted by Gasteiger charge is -2.46. The number of aliphatic hydroxyl groups excluding tert-OH is 1. The summed E-state index contributed by atoms with van der Waals surface area (Å²) in [4.78, 5) is 30.7. The zero-order chi connectivity index (χ0) is 27.9. The van der Waals surface area contributed by atoms with Gasteiger partial charge in [-0.3, -0.25) is 9.69 Å². The zero-order valence-corrected chi connectivity index (χ0v) is 25.3. The van der Waals surface area contributed by atoms with Crippen LogP contribution in [-0.4, -0.2) is 86.5 Å². The number of carbonyl (C=O) groups excluding carboxylic acids is 2. The molecule has 0 aromatic heterocycles. The lowest BCUT2D eigenvalue weighted by Crippen LogP contribution is -2.61. The molecule has 0 bridgehead atoms. The normalized spacial score (nSPS) is 22.9. The Morgan fingerprint density at radius 1 is 1.16 bits per heavy atom. The first-order chi connectivity index (χ1) is 17.1. The summed E-state index contributed by atoms with van der Waals surface area (Å²) in [7, 11) is 1.65. The number of anilines is 1. The first kappa shape index (κ1) is 30.1. The molecule has 0 saturated carbocycles. The van der Waals surface area contributed by atoms with Crippen molar-refractivity contribution in [3.8, 4) is 11.5 Å². The van der Waals surface area contributed by atoms with E-state index in [9.17, 15) is 14.7 Å². The summed E-state index contributed by atoms with van der Waals surface area (Å²) in [6.07, 6.45) is -1.88. The fourth-order valence-electron chi connectivity index (χ4n) is 4.91. The Hall–Kier alpha value is -1.43. The number of methoxy groups -OCH3 is 2. The highest BCUT2D eigenvalue weighted by Crippen LogP contribution is 2.45. The highest BCUT2D eigenvalue weighted by Gasteiger charge is 2.53. The van der Waals surface area contributed by atoms with Gasteiger partial charge in [0.1, 0.15) is 6.61 Å². The van der Waals surface area contributed by atoms with E-state index in [0.29, 0.717) is 11.5 Å². The fraction of sp³-hybridized carbons (Fsp3) is 0.667. The van der Waals surface area contributed by atoms with Crippen molar-refractivity contribution in [2.24, 2.45) is 5.41 Å². The maximum atomic E-state index is 13.9. The molecular weight excluding hydrogens is 563 g/mol. The number of hydrogen-bond donors (Lipinski definition) is 1. The number of nitrogens with zero attached hydrogens (tertiary/aromatic N) is 2. The molecule has 37 heavy (non-hydrogen) atoms. The molecule has 3 rings (SSSR count). The van der Waals surface area contributed by atoms with E-state index in [1.165, 1.54) is 25.2 Å². The van der Waals surface area contributed by atoms with Gasteiger partial charge in [-0.2, -0.15) is 0 Å². The monoisotopic (exact) mass is 595 g/mol. The third-order valence-corrected chi connectivity index (χ3v) is 7.40. The maximum absolute atomic E-state index is 13.9. The summed E-state index contributed by atoms with van der Waals surface area (Å²) in [5.41, 5.74) is -0.0233. The Morgan fingerprint density at radius 2 is 1.76 bits per heavy atom. The van der Waals surface area contributed by atoms with Crippen LogP contribution in [0.3, 0.4) is 0 Å². The molecule has 13 heteroatoms. The summed E-state index contributed by atoms with van der Waals surface area (Å²) < 4.78 is 21.1. The SMILES string of the molecule is COc1cc2c(cc1OC)N(C(=O)OCC(Cl)(Cl)Cl)[C@H](C(O[Si](C)C)C(C)(C)C)[C@@H]1C[C@@H](O)CN1C2=O. The topological polar surface area (TPSA) is 97.8 Å². The van der Waals surface area contributed by atoms with Gasteiger partial charge in [0.2, 0.25) is 12.8 Å². The molecule has 1 N–H and O–H groups in total. The van der Waals surface area contributed by atoms with Gasteiger partial charge in [-0.05, 0) is 31.0 Å². The number of carbonyl (C=O) groups is 2. The number of rotatable bonds is 6. The first-order valence-electron chi connectivity index (χ1n) is 11.8. The van der Waals surface area contributed by atoms with E-state index in [1.807, 2.05) is 33.9 Å². The molecule has 1 aromatic rings. The quantitative estimate of drug-likeness (QED) is 0.377. The molecule has 1 fully saturated rings. The molecule has 1 radical (unpaired) electrons. The lowest BCUT2D eigenvalue weighted by molar-refractivity contribution is 0.0290. The van der Waals surface area contributed by atoms with Gasteiger partial charge in [-0.25, -0.2) is 4.79 Å². The number of ether oxygens (including phenoxy) is 3. The number of halogens is 3. The molecule has 207 valence electrons. The van der Waals surface area contributed by atoms with E-state index < -0.39 is 55.2 Å². The van der Waals surface area contributed by atoms with Crippen molar-refractivity contribution in [3.05, 3.63) is 17.7 Å².